The lowest BCUT2D eigenvalue weighted by atomic mass is 10.0. The van der Waals surface area contributed by atoms with Crippen LogP contribution in [0.5, 0.6) is 0 Å². The van der Waals surface area contributed by atoms with Crippen LogP contribution in [0.4, 0.5) is 4.79 Å². The normalized spacial score (nSPS) is 23.4. The zero-order valence-corrected chi connectivity index (χ0v) is 12.3. The first kappa shape index (κ1) is 16.7. The number of nitrogens with zero attached hydrogens (tertiary/aromatic N) is 1. The highest BCUT2D eigenvalue weighted by Gasteiger charge is 2.39. The van der Waals surface area contributed by atoms with Gasteiger partial charge in [0.05, 0.1) is 25.4 Å². The second-order valence-corrected chi connectivity index (χ2v) is 4.98. The number of carbonyl (C=O) groups is 2. The molecule has 0 saturated carbocycles. The van der Waals surface area contributed by atoms with Crippen LogP contribution < -0.4 is 5.32 Å². The monoisotopic (exact) mass is 288 g/mol. The molecular weight excluding hydrogens is 264 g/mol. The predicted molar refractivity (Wildman–Crippen MR) is 72.6 cm³/mol. The Balaban J connectivity index is 2.67. The van der Waals surface area contributed by atoms with Crippen LogP contribution in [-0.4, -0.2) is 67.6 Å². The van der Waals surface area contributed by atoms with Crippen LogP contribution in [0.15, 0.2) is 0 Å². The number of ether oxygens (including phenoxy) is 2. The standard InChI is InChI=1S/C13H24N2O5/c1-4-5-15(13(18)14-6-9(2)19-3)11-8-20-7-10(11)12(16)17/h9-11H,4-8H2,1-3H3,(H,14,18)(H,16,17). The fourth-order valence-electron chi connectivity index (χ4n) is 2.16. The van der Waals surface area contributed by atoms with E-state index < -0.39 is 17.9 Å². The van der Waals surface area contributed by atoms with Crippen LogP contribution in [0, 0.1) is 5.92 Å². The summed E-state index contributed by atoms with van der Waals surface area (Å²) >= 11 is 0. The number of methoxy groups -OCH3 is 1. The van der Waals surface area contributed by atoms with Crippen molar-refractivity contribution in [3.63, 3.8) is 0 Å². The quantitative estimate of drug-likeness (QED) is 0.714. The third-order valence-electron chi connectivity index (χ3n) is 3.44. The molecule has 1 rings (SSSR count). The van der Waals surface area contributed by atoms with Gasteiger partial charge in [-0.15, -0.1) is 0 Å². The summed E-state index contributed by atoms with van der Waals surface area (Å²) in [6.07, 6.45) is 0.674. The first-order chi connectivity index (χ1) is 9.51. The van der Waals surface area contributed by atoms with Crippen molar-refractivity contribution >= 4 is 12.0 Å². The Morgan fingerprint density at radius 1 is 1.50 bits per heavy atom. The maximum atomic E-state index is 12.2. The van der Waals surface area contributed by atoms with Gasteiger partial charge in [0.1, 0.15) is 5.92 Å². The van der Waals surface area contributed by atoms with Crippen LogP contribution in [0.2, 0.25) is 0 Å². The largest absolute Gasteiger partial charge is 0.481 e. The molecule has 0 bridgehead atoms. The van der Waals surface area contributed by atoms with Gasteiger partial charge in [0.15, 0.2) is 0 Å². The number of carboxylic acids is 1. The van der Waals surface area contributed by atoms with Gasteiger partial charge in [-0.2, -0.15) is 0 Å². The zero-order valence-electron chi connectivity index (χ0n) is 12.3. The van der Waals surface area contributed by atoms with Crippen molar-refractivity contribution < 1.29 is 24.2 Å². The molecule has 1 aliphatic heterocycles. The summed E-state index contributed by atoms with van der Waals surface area (Å²) < 4.78 is 10.3. The fourth-order valence-corrected chi connectivity index (χ4v) is 2.16. The van der Waals surface area contributed by atoms with E-state index in [1.54, 1.807) is 12.0 Å². The smallest absolute Gasteiger partial charge is 0.317 e. The minimum absolute atomic E-state index is 0.0856. The van der Waals surface area contributed by atoms with Gasteiger partial charge in [-0.25, -0.2) is 4.79 Å². The molecule has 116 valence electrons. The van der Waals surface area contributed by atoms with E-state index in [4.69, 9.17) is 9.47 Å². The molecule has 0 spiro atoms. The Morgan fingerprint density at radius 2 is 2.20 bits per heavy atom. The van der Waals surface area contributed by atoms with Crippen molar-refractivity contribution in [1.82, 2.24) is 10.2 Å². The van der Waals surface area contributed by atoms with E-state index in [0.29, 0.717) is 13.1 Å². The maximum Gasteiger partial charge on any atom is 0.317 e. The number of aliphatic carboxylic acids is 1. The molecule has 1 saturated heterocycles. The molecule has 1 fully saturated rings. The summed E-state index contributed by atoms with van der Waals surface area (Å²) in [5.41, 5.74) is 0. The van der Waals surface area contributed by atoms with Crippen LogP contribution in [0.1, 0.15) is 20.3 Å². The number of hydrogen-bond acceptors (Lipinski definition) is 4. The van der Waals surface area contributed by atoms with E-state index in [9.17, 15) is 14.7 Å². The number of nitrogens with one attached hydrogen (secondary N) is 1. The second kappa shape index (κ2) is 8.06. The Labute approximate surface area is 119 Å². The lowest BCUT2D eigenvalue weighted by Crippen LogP contribution is -2.51. The first-order valence-electron chi connectivity index (χ1n) is 6.89. The van der Waals surface area contributed by atoms with Crippen LogP contribution in [0.3, 0.4) is 0 Å². The van der Waals surface area contributed by atoms with Gasteiger partial charge < -0.3 is 24.8 Å². The summed E-state index contributed by atoms with van der Waals surface area (Å²) in [4.78, 5) is 25.0. The molecule has 1 aliphatic rings. The van der Waals surface area contributed by atoms with Gasteiger partial charge >= 0.3 is 12.0 Å². The third kappa shape index (κ3) is 4.35. The summed E-state index contributed by atoms with van der Waals surface area (Å²) in [5, 5.41) is 11.9. The maximum absolute atomic E-state index is 12.2. The molecule has 20 heavy (non-hydrogen) atoms. The molecule has 0 aromatic carbocycles. The number of carboxylic acid groups (broad SMARTS) is 1. The number of rotatable bonds is 7. The molecule has 1 heterocycles. The number of amides is 2. The van der Waals surface area contributed by atoms with Crippen LogP contribution in [0.25, 0.3) is 0 Å². The highest BCUT2D eigenvalue weighted by molar-refractivity contribution is 5.77. The third-order valence-corrected chi connectivity index (χ3v) is 3.44. The molecule has 7 heteroatoms. The van der Waals surface area contributed by atoms with E-state index in [1.165, 1.54) is 0 Å². The van der Waals surface area contributed by atoms with Gasteiger partial charge in [-0.1, -0.05) is 6.92 Å². The summed E-state index contributed by atoms with van der Waals surface area (Å²) in [7, 11) is 1.58. The van der Waals surface area contributed by atoms with Crippen molar-refractivity contribution in [2.24, 2.45) is 5.92 Å². The topological polar surface area (TPSA) is 88.1 Å². The molecule has 2 amide bonds. The lowest BCUT2D eigenvalue weighted by Gasteiger charge is -2.30. The van der Waals surface area contributed by atoms with Crippen LogP contribution in [-0.2, 0) is 14.3 Å². The van der Waals surface area contributed by atoms with Gasteiger partial charge in [0.25, 0.3) is 0 Å². The number of carbonyl (C=O) groups excluding carboxylic acids is 1. The Bertz CT molecular complexity index is 337. The Morgan fingerprint density at radius 3 is 2.75 bits per heavy atom. The van der Waals surface area contributed by atoms with E-state index in [0.717, 1.165) is 6.42 Å². The SMILES string of the molecule is CCCN(C(=O)NCC(C)OC)C1COCC1C(=O)O. The molecule has 0 aliphatic carbocycles. The van der Waals surface area contributed by atoms with E-state index in [2.05, 4.69) is 5.32 Å². The highest BCUT2D eigenvalue weighted by atomic mass is 16.5. The molecule has 2 N–H and O–H groups in total. The lowest BCUT2D eigenvalue weighted by molar-refractivity contribution is -0.142. The predicted octanol–water partition coefficient (Wildman–Crippen LogP) is 0.543. The Hall–Kier alpha value is -1.34. The molecular formula is C13H24N2O5. The molecule has 0 aromatic heterocycles. The van der Waals surface area contributed by atoms with Gasteiger partial charge in [0, 0.05) is 20.2 Å². The van der Waals surface area contributed by atoms with Gasteiger partial charge in [-0.05, 0) is 13.3 Å². The minimum atomic E-state index is -0.924. The highest BCUT2D eigenvalue weighted by Crippen LogP contribution is 2.20. The molecule has 3 atom stereocenters. The van der Waals surface area contributed by atoms with Crippen LogP contribution >= 0.6 is 0 Å². The van der Waals surface area contributed by atoms with E-state index in [1.807, 2.05) is 13.8 Å². The van der Waals surface area contributed by atoms with E-state index >= 15 is 0 Å². The molecule has 0 aromatic rings. The average molecular weight is 288 g/mol. The molecule has 0 radical (unpaired) electrons. The number of urea groups is 1. The summed E-state index contributed by atoms with van der Waals surface area (Å²) in [6.45, 7) is 5.12. The van der Waals surface area contributed by atoms with Crippen molar-refractivity contribution in [2.45, 2.75) is 32.4 Å². The van der Waals surface area contributed by atoms with Gasteiger partial charge in [-0.3, -0.25) is 4.79 Å². The number of hydrogen-bond donors (Lipinski definition) is 2. The first-order valence-corrected chi connectivity index (χ1v) is 6.89. The molecule has 7 nitrogen and oxygen atoms in total. The fraction of sp³-hybridized carbons (Fsp3) is 0.846. The minimum Gasteiger partial charge on any atom is -0.481 e. The van der Waals surface area contributed by atoms with Crippen molar-refractivity contribution in [2.75, 3.05) is 33.4 Å². The summed E-state index contributed by atoms with van der Waals surface area (Å²) in [5.74, 6) is -1.58. The van der Waals surface area contributed by atoms with Crippen molar-refractivity contribution in [3.05, 3.63) is 0 Å². The second-order valence-electron chi connectivity index (χ2n) is 4.98. The molecule has 3 unspecified atom stereocenters. The summed E-state index contributed by atoms with van der Waals surface area (Å²) in [6, 6.07) is -0.678. The van der Waals surface area contributed by atoms with Gasteiger partial charge in [0.2, 0.25) is 0 Å². The van der Waals surface area contributed by atoms with Crippen molar-refractivity contribution in [3.8, 4) is 0 Å². The Kier molecular flexibility index (Phi) is 6.74. The van der Waals surface area contributed by atoms with E-state index in [-0.39, 0.29) is 25.3 Å². The van der Waals surface area contributed by atoms with Crippen molar-refractivity contribution in [1.29, 1.82) is 0 Å². The average Bonchev–Trinajstić information content (AvgIpc) is 2.90. The zero-order chi connectivity index (χ0) is 15.1.